The van der Waals surface area contributed by atoms with Crippen molar-refractivity contribution in [1.29, 1.82) is 0 Å². The highest BCUT2D eigenvalue weighted by atomic mass is 16.5. The van der Waals surface area contributed by atoms with Gasteiger partial charge in [-0.2, -0.15) is 0 Å². The third-order valence-corrected chi connectivity index (χ3v) is 2.69. The second kappa shape index (κ2) is 8.53. The van der Waals surface area contributed by atoms with Crippen LogP contribution < -0.4 is 15.8 Å². The van der Waals surface area contributed by atoms with Gasteiger partial charge in [0.1, 0.15) is 5.75 Å². The van der Waals surface area contributed by atoms with Crippen LogP contribution in [0.4, 0.5) is 0 Å². The van der Waals surface area contributed by atoms with Crippen molar-refractivity contribution >= 4 is 5.91 Å². The Bertz CT molecular complexity index is 366. The number of rotatable bonds is 8. The average Bonchev–Trinajstić information content (AvgIpc) is 2.38. The molecule has 1 rings (SSSR count). The fourth-order valence-electron chi connectivity index (χ4n) is 1.74. The van der Waals surface area contributed by atoms with Crippen molar-refractivity contribution in [3.8, 4) is 5.75 Å². The second-order valence-electron chi connectivity index (χ2n) is 5.04. The maximum absolute atomic E-state index is 11.6. The van der Waals surface area contributed by atoms with E-state index >= 15 is 0 Å². The van der Waals surface area contributed by atoms with E-state index in [2.05, 4.69) is 19.2 Å². The zero-order valence-corrected chi connectivity index (χ0v) is 11.8. The van der Waals surface area contributed by atoms with E-state index in [9.17, 15) is 4.79 Å². The molecule has 1 aromatic rings. The molecule has 0 bridgehead atoms. The van der Waals surface area contributed by atoms with Gasteiger partial charge >= 0.3 is 0 Å². The average molecular weight is 264 g/mol. The zero-order chi connectivity index (χ0) is 14.1. The number of amides is 1. The molecule has 4 nitrogen and oxygen atoms in total. The molecule has 0 saturated carbocycles. The molecule has 0 radical (unpaired) electrons. The van der Waals surface area contributed by atoms with Crippen molar-refractivity contribution in [3.63, 3.8) is 0 Å². The van der Waals surface area contributed by atoms with Crippen molar-refractivity contribution in [1.82, 2.24) is 5.32 Å². The normalized spacial score (nSPS) is 12.2. The summed E-state index contributed by atoms with van der Waals surface area (Å²) in [6, 6.07) is 9.23. The molecule has 1 aromatic carbocycles. The van der Waals surface area contributed by atoms with Crippen LogP contribution in [0.1, 0.15) is 26.7 Å². The summed E-state index contributed by atoms with van der Waals surface area (Å²) >= 11 is 0. The lowest BCUT2D eigenvalue weighted by atomic mass is 10.0. The molecule has 106 valence electrons. The fraction of sp³-hybridized carbons (Fsp3) is 0.533. The topological polar surface area (TPSA) is 64.4 Å². The summed E-state index contributed by atoms with van der Waals surface area (Å²) in [5, 5.41) is 2.83. The van der Waals surface area contributed by atoms with Crippen LogP contribution >= 0.6 is 0 Å². The summed E-state index contributed by atoms with van der Waals surface area (Å²) < 4.78 is 5.53. The molecule has 0 fully saturated rings. The van der Waals surface area contributed by atoms with Gasteiger partial charge in [-0.15, -0.1) is 0 Å². The first kappa shape index (κ1) is 15.5. The quantitative estimate of drug-likeness (QED) is 0.705. The molecule has 0 aliphatic carbocycles. The monoisotopic (exact) mass is 264 g/mol. The van der Waals surface area contributed by atoms with Crippen LogP contribution in [0.5, 0.6) is 5.75 Å². The molecule has 1 unspecified atom stereocenters. The van der Waals surface area contributed by atoms with E-state index < -0.39 is 6.04 Å². The molecule has 3 N–H and O–H groups in total. The zero-order valence-electron chi connectivity index (χ0n) is 11.8. The molecular formula is C15H24N2O2. The summed E-state index contributed by atoms with van der Waals surface area (Å²) in [4.78, 5) is 11.6. The highest BCUT2D eigenvalue weighted by Crippen LogP contribution is 2.08. The smallest absolute Gasteiger partial charge is 0.236 e. The van der Waals surface area contributed by atoms with Crippen LogP contribution in [0.25, 0.3) is 0 Å². The number of para-hydroxylation sites is 1. The van der Waals surface area contributed by atoms with E-state index in [0.29, 0.717) is 25.5 Å². The summed E-state index contributed by atoms with van der Waals surface area (Å²) in [5.74, 6) is 1.21. The summed E-state index contributed by atoms with van der Waals surface area (Å²) in [7, 11) is 0. The lowest BCUT2D eigenvalue weighted by Crippen LogP contribution is -2.41. The van der Waals surface area contributed by atoms with Gasteiger partial charge in [-0.3, -0.25) is 4.79 Å². The Kier molecular flexibility index (Phi) is 6.97. The van der Waals surface area contributed by atoms with Gasteiger partial charge in [0, 0.05) is 6.54 Å². The van der Waals surface area contributed by atoms with E-state index in [4.69, 9.17) is 10.5 Å². The molecule has 4 heteroatoms. The van der Waals surface area contributed by atoms with Crippen LogP contribution in [0.2, 0.25) is 0 Å². The Morgan fingerprint density at radius 1 is 1.32 bits per heavy atom. The van der Waals surface area contributed by atoms with E-state index in [1.54, 1.807) is 0 Å². The molecule has 1 amide bonds. The molecule has 1 atom stereocenters. The van der Waals surface area contributed by atoms with Gasteiger partial charge in [-0.1, -0.05) is 32.0 Å². The van der Waals surface area contributed by atoms with E-state index in [1.165, 1.54) is 0 Å². The number of carbonyl (C=O) groups excluding carboxylic acids is 1. The third-order valence-electron chi connectivity index (χ3n) is 2.69. The molecule has 0 aliphatic heterocycles. The number of ether oxygens (including phenoxy) is 1. The van der Waals surface area contributed by atoms with Gasteiger partial charge in [-0.05, 0) is 30.9 Å². The van der Waals surface area contributed by atoms with Crippen LogP contribution in [-0.4, -0.2) is 25.1 Å². The van der Waals surface area contributed by atoms with E-state index in [1.807, 2.05) is 30.3 Å². The Hall–Kier alpha value is -1.55. The van der Waals surface area contributed by atoms with Crippen molar-refractivity contribution in [2.75, 3.05) is 13.2 Å². The van der Waals surface area contributed by atoms with E-state index in [-0.39, 0.29) is 5.91 Å². The van der Waals surface area contributed by atoms with Crippen molar-refractivity contribution < 1.29 is 9.53 Å². The number of carbonyl (C=O) groups is 1. The molecular weight excluding hydrogens is 240 g/mol. The first-order chi connectivity index (χ1) is 9.09. The minimum absolute atomic E-state index is 0.0755. The van der Waals surface area contributed by atoms with Gasteiger partial charge in [0.25, 0.3) is 0 Å². The molecule has 19 heavy (non-hydrogen) atoms. The Balaban J connectivity index is 2.09. The van der Waals surface area contributed by atoms with Crippen LogP contribution in [0.15, 0.2) is 30.3 Å². The minimum atomic E-state index is -0.407. The Labute approximate surface area is 115 Å². The van der Waals surface area contributed by atoms with Gasteiger partial charge < -0.3 is 15.8 Å². The standard InChI is InChI=1S/C15H24N2O2/c1-12(2)11-14(16)15(18)17-9-6-10-19-13-7-4-3-5-8-13/h3-5,7-8,12,14H,6,9-11,16H2,1-2H3,(H,17,18). The highest BCUT2D eigenvalue weighted by molar-refractivity contribution is 5.81. The number of nitrogens with one attached hydrogen (secondary N) is 1. The SMILES string of the molecule is CC(C)CC(N)C(=O)NCCCOc1ccccc1. The largest absolute Gasteiger partial charge is 0.494 e. The molecule has 0 spiro atoms. The van der Waals surface area contributed by atoms with Gasteiger partial charge in [-0.25, -0.2) is 0 Å². The molecule has 0 saturated heterocycles. The van der Waals surface area contributed by atoms with Crippen LogP contribution in [0.3, 0.4) is 0 Å². The number of nitrogens with two attached hydrogens (primary N) is 1. The fourth-order valence-corrected chi connectivity index (χ4v) is 1.74. The Morgan fingerprint density at radius 2 is 2.00 bits per heavy atom. The Morgan fingerprint density at radius 3 is 2.63 bits per heavy atom. The maximum atomic E-state index is 11.6. The summed E-state index contributed by atoms with van der Waals surface area (Å²) in [6.07, 6.45) is 1.49. The molecule has 0 aromatic heterocycles. The number of hydrogen-bond acceptors (Lipinski definition) is 3. The van der Waals surface area contributed by atoms with Crippen LogP contribution in [0, 0.1) is 5.92 Å². The lowest BCUT2D eigenvalue weighted by Gasteiger charge is -2.14. The predicted octanol–water partition coefficient (Wildman–Crippen LogP) is 1.95. The van der Waals surface area contributed by atoms with Crippen molar-refractivity contribution in [2.45, 2.75) is 32.7 Å². The van der Waals surface area contributed by atoms with Gasteiger partial charge in [0.05, 0.1) is 12.6 Å². The van der Waals surface area contributed by atoms with E-state index in [0.717, 1.165) is 12.2 Å². The first-order valence-corrected chi connectivity index (χ1v) is 6.80. The van der Waals surface area contributed by atoms with Gasteiger partial charge in [0.15, 0.2) is 0 Å². The minimum Gasteiger partial charge on any atom is -0.494 e. The molecule has 0 aliphatic rings. The van der Waals surface area contributed by atoms with Crippen molar-refractivity contribution in [3.05, 3.63) is 30.3 Å². The number of benzene rings is 1. The second-order valence-corrected chi connectivity index (χ2v) is 5.04. The third kappa shape index (κ3) is 6.82. The summed E-state index contributed by atoms with van der Waals surface area (Å²) in [6.45, 7) is 5.29. The lowest BCUT2D eigenvalue weighted by molar-refractivity contribution is -0.122. The summed E-state index contributed by atoms with van der Waals surface area (Å²) in [5.41, 5.74) is 5.78. The van der Waals surface area contributed by atoms with Crippen molar-refractivity contribution in [2.24, 2.45) is 11.7 Å². The number of hydrogen-bond donors (Lipinski definition) is 2. The highest BCUT2D eigenvalue weighted by Gasteiger charge is 2.13. The van der Waals surface area contributed by atoms with Gasteiger partial charge in [0.2, 0.25) is 5.91 Å². The first-order valence-electron chi connectivity index (χ1n) is 6.80. The predicted molar refractivity (Wildman–Crippen MR) is 77.0 cm³/mol. The van der Waals surface area contributed by atoms with Crippen LogP contribution in [-0.2, 0) is 4.79 Å². The molecule has 0 heterocycles. The maximum Gasteiger partial charge on any atom is 0.236 e.